The summed E-state index contributed by atoms with van der Waals surface area (Å²) in [6, 6.07) is 9.06. The van der Waals surface area contributed by atoms with Crippen molar-refractivity contribution in [3.63, 3.8) is 0 Å². The molecule has 5 heteroatoms. The molecule has 1 aromatic rings. The average molecular weight is 270 g/mol. The summed E-state index contributed by atoms with van der Waals surface area (Å²) in [5, 5.41) is 1.47. The van der Waals surface area contributed by atoms with Crippen LogP contribution in [0.4, 0.5) is 13.2 Å². The fourth-order valence-electron chi connectivity index (χ4n) is 0.993. The van der Waals surface area contributed by atoms with Gasteiger partial charge < -0.3 is 0 Å². The lowest BCUT2D eigenvalue weighted by molar-refractivity contribution is -0.156. The highest BCUT2D eigenvalue weighted by molar-refractivity contribution is 8.93. The zero-order valence-electron chi connectivity index (χ0n) is 7.34. The Kier molecular flexibility index (Phi) is 5.79. The second-order valence-corrected chi connectivity index (χ2v) is 2.66. The van der Waals surface area contributed by atoms with E-state index >= 15 is 0 Å². The van der Waals surface area contributed by atoms with Gasteiger partial charge in [-0.3, -0.25) is 0 Å². The van der Waals surface area contributed by atoms with E-state index in [9.17, 15) is 13.2 Å². The summed E-state index contributed by atoms with van der Waals surface area (Å²) in [5.41, 5.74) is 0.902. The Labute approximate surface area is 91.1 Å². The van der Waals surface area contributed by atoms with Crippen LogP contribution in [0.25, 0.3) is 0 Å². The van der Waals surface area contributed by atoms with Crippen LogP contribution in [-0.2, 0) is 6.42 Å². The molecule has 1 N–H and O–H groups in total. The van der Waals surface area contributed by atoms with Crippen LogP contribution in [0.3, 0.4) is 0 Å². The van der Waals surface area contributed by atoms with E-state index in [-0.39, 0.29) is 23.5 Å². The van der Waals surface area contributed by atoms with Gasteiger partial charge in [0.15, 0.2) is 0 Å². The van der Waals surface area contributed by atoms with Gasteiger partial charge in [0.05, 0.1) is 0 Å². The van der Waals surface area contributed by atoms with E-state index in [0.717, 1.165) is 5.56 Å². The number of rotatable bonds is 3. The highest BCUT2D eigenvalue weighted by Gasteiger charge is 2.25. The maximum atomic E-state index is 11.6. The van der Waals surface area contributed by atoms with Gasteiger partial charge in [-0.25, -0.2) is 5.32 Å². The number of hydrogen-bond donors (Lipinski definition) is 1. The molecule has 0 spiro atoms. The second-order valence-electron chi connectivity index (χ2n) is 2.66. The van der Waals surface area contributed by atoms with Gasteiger partial charge in [-0.1, -0.05) is 30.3 Å². The van der Waals surface area contributed by atoms with Gasteiger partial charge in [-0.2, -0.15) is 13.2 Å². The van der Waals surface area contributed by atoms with Crippen molar-refractivity contribution < 1.29 is 13.2 Å². The van der Waals surface area contributed by atoms with Crippen molar-refractivity contribution in [1.29, 1.82) is 0 Å². The van der Waals surface area contributed by atoms with Gasteiger partial charge in [-0.05, 0) is 12.0 Å². The van der Waals surface area contributed by atoms with E-state index in [1.54, 1.807) is 12.1 Å². The van der Waals surface area contributed by atoms with E-state index in [4.69, 9.17) is 0 Å². The molecule has 0 aliphatic heterocycles. The molecule has 1 nitrogen and oxygen atoms in total. The van der Waals surface area contributed by atoms with Crippen LogP contribution in [0.1, 0.15) is 5.56 Å². The van der Waals surface area contributed by atoms with E-state index < -0.39 is 6.30 Å². The molecule has 0 heterocycles. The van der Waals surface area contributed by atoms with Gasteiger partial charge in [-0.15, -0.1) is 17.0 Å². The normalized spacial score (nSPS) is 10.8. The Bertz CT molecular complexity index is 248. The van der Waals surface area contributed by atoms with Crippen LogP contribution in [0.5, 0.6) is 0 Å². The predicted octanol–water partition coefficient (Wildman–Crippen LogP) is 2.92. The van der Waals surface area contributed by atoms with Crippen molar-refractivity contribution in [3.8, 4) is 0 Å². The zero-order chi connectivity index (χ0) is 9.73. The first-order chi connectivity index (χ1) is 6.08. The van der Waals surface area contributed by atoms with Gasteiger partial charge in [0.2, 0.25) is 0 Å². The summed E-state index contributed by atoms with van der Waals surface area (Å²) in [4.78, 5) is 0. The van der Waals surface area contributed by atoms with E-state index in [1.807, 2.05) is 18.2 Å². The van der Waals surface area contributed by atoms with E-state index in [2.05, 4.69) is 0 Å². The third-order valence-electron chi connectivity index (χ3n) is 1.58. The van der Waals surface area contributed by atoms with Gasteiger partial charge in [0, 0.05) is 6.54 Å². The summed E-state index contributed by atoms with van der Waals surface area (Å²) in [5.74, 6) is 0. The Morgan fingerprint density at radius 3 is 2.14 bits per heavy atom. The molecule has 0 radical (unpaired) electrons. The summed E-state index contributed by atoms with van der Waals surface area (Å²) in [6.45, 7) is -0.0759. The topological polar surface area (TPSA) is 12.0 Å². The lowest BCUT2D eigenvalue weighted by Crippen LogP contribution is -2.33. The first kappa shape index (κ1) is 13.4. The smallest absolute Gasteiger partial charge is 0.228 e. The maximum Gasteiger partial charge on any atom is 0.457 e. The van der Waals surface area contributed by atoms with Crippen LogP contribution in [0.2, 0.25) is 0 Å². The number of benzene rings is 1. The van der Waals surface area contributed by atoms with Crippen LogP contribution in [0.15, 0.2) is 30.3 Å². The van der Waals surface area contributed by atoms with Gasteiger partial charge in [0.1, 0.15) is 0 Å². The zero-order valence-corrected chi connectivity index (χ0v) is 9.06. The summed E-state index contributed by atoms with van der Waals surface area (Å²) in [7, 11) is 0. The van der Waals surface area contributed by atoms with Crippen molar-refractivity contribution in [1.82, 2.24) is 5.32 Å². The molecule has 0 saturated carbocycles. The molecule has 80 valence electrons. The van der Waals surface area contributed by atoms with E-state index in [0.29, 0.717) is 6.42 Å². The average Bonchev–Trinajstić information content (AvgIpc) is 2.04. The molecule has 1 aromatic carbocycles. The van der Waals surface area contributed by atoms with Crippen molar-refractivity contribution in [2.24, 2.45) is 0 Å². The SMILES string of the molecule is Br.FC(F)(F)NCCc1ccccc1. The van der Waals surface area contributed by atoms with Crippen LogP contribution in [-0.4, -0.2) is 12.8 Å². The minimum Gasteiger partial charge on any atom is -0.228 e. The van der Waals surface area contributed by atoms with Crippen molar-refractivity contribution in [2.45, 2.75) is 12.7 Å². The highest BCUT2D eigenvalue weighted by Crippen LogP contribution is 2.09. The predicted molar refractivity (Wildman–Crippen MR) is 54.5 cm³/mol. The third-order valence-corrected chi connectivity index (χ3v) is 1.58. The van der Waals surface area contributed by atoms with Crippen molar-refractivity contribution in [3.05, 3.63) is 35.9 Å². The second kappa shape index (κ2) is 6.03. The maximum absolute atomic E-state index is 11.6. The number of halogens is 4. The molecule has 1 rings (SSSR count). The summed E-state index contributed by atoms with van der Waals surface area (Å²) < 4.78 is 34.9. The quantitative estimate of drug-likeness (QED) is 0.833. The van der Waals surface area contributed by atoms with Gasteiger partial charge in [0.25, 0.3) is 0 Å². The molecular weight excluding hydrogens is 259 g/mol. The minimum absolute atomic E-state index is 0. The molecular formula is C9H11BrF3N. The lowest BCUT2D eigenvalue weighted by Gasteiger charge is -2.07. The number of hydrogen-bond acceptors (Lipinski definition) is 1. The summed E-state index contributed by atoms with van der Waals surface area (Å²) >= 11 is 0. The Morgan fingerprint density at radius 1 is 1.07 bits per heavy atom. The van der Waals surface area contributed by atoms with Gasteiger partial charge >= 0.3 is 6.30 Å². The Hall–Kier alpha value is -0.550. The number of nitrogens with one attached hydrogen (secondary N) is 1. The monoisotopic (exact) mass is 269 g/mol. The third kappa shape index (κ3) is 5.99. The molecule has 0 aromatic heterocycles. The molecule has 0 saturated heterocycles. The summed E-state index contributed by atoms with van der Waals surface area (Å²) in [6.07, 6.45) is -3.88. The van der Waals surface area contributed by atoms with Crippen molar-refractivity contribution >= 4 is 17.0 Å². The molecule has 14 heavy (non-hydrogen) atoms. The molecule has 0 aliphatic carbocycles. The molecule has 0 bridgehead atoms. The largest absolute Gasteiger partial charge is 0.457 e. The van der Waals surface area contributed by atoms with Crippen molar-refractivity contribution in [2.75, 3.05) is 6.54 Å². The fraction of sp³-hybridized carbons (Fsp3) is 0.333. The van der Waals surface area contributed by atoms with Crippen LogP contribution in [0, 0.1) is 0 Å². The molecule has 0 amide bonds. The molecule has 0 atom stereocenters. The molecule has 0 unspecified atom stereocenters. The lowest BCUT2D eigenvalue weighted by atomic mass is 10.1. The first-order valence-corrected chi connectivity index (χ1v) is 3.93. The standard InChI is InChI=1S/C9H10F3N.BrH/c10-9(11,12)13-7-6-8-4-2-1-3-5-8;/h1-5,13H,6-7H2;1H. The Morgan fingerprint density at radius 2 is 1.64 bits per heavy atom. The number of alkyl halides is 3. The fourth-order valence-corrected chi connectivity index (χ4v) is 0.993. The van der Waals surface area contributed by atoms with Crippen LogP contribution < -0.4 is 5.32 Å². The Balaban J connectivity index is 0.00000169. The minimum atomic E-state index is -4.27. The van der Waals surface area contributed by atoms with E-state index in [1.165, 1.54) is 5.32 Å². The first-order valence-electron chi connectivity index (χ1n) is 3.93. The molecule has 0 aliphatic rings. The highest BCUT2D eigenvalue weighted by atomic mass is 79.9. The molecule has 0 fully saturated rings. The van der Waals surface area contributed by atoms with Crippen LogP contribution >= 0.6 is 17.0 Å².